The fourth-order valence-electron chi connectivity index (χ4n) is 3.95. The summed E-state index contributed by atoms with van der Waals surface area (Å²) >= 11 is 0. The number of hydrogen-bond donors (Lipinski definition) is 2. The first-order chi connectivity index (χ1) is 12.4. The molecule has 1 fully saturated rings. The number of aromatic nitrogens is 1. The average molecular weight is 362 g/mol. The Morgan fingerprint density at radius 1 is 1.38 bits per heavy atom. The molecule has 1 aromatic heterocycles. The second-order valence-corrected chi connectivity index (χ2v) is 6.63. The maximum absolute atomic E-state index is 14.1. The summed E-state index contributed by atoms with van der Waals surface area (Å²) in [6.45, 7) is 1.61. The number of carbonyl (C=O) groups excluding carboxylic acids is 1. The molecule has 0 saturated heterocycles. The van der Waals surface area contributed by atoms with Crippen molar-refractivity contribution in [2.24, 2.45) is 0 Å². The second-order valence-electron chi connectivity index (χ2n) is 6.63. The van der Waals surface area contributed by atoms with Gasteiger partial charge in [-0.1, -0.05) is 12.1 Å². The summed E-state index contributed by atoms with van der Waals surface area (Å²) in [5.74, 6) is -1.81. The molecule has 1 saturated carbocycles. The summed E-state index contributed by atoms with van der Waals surface area (Å²) in [6, 6.07) is 5.93. The van der Waals surface area contributed by atoms with E-state index in [1.54, 1.807) is 24.5 Å². The molecule has 138 valence electrons. The number of nitrogens with zero attached hydrogens (tertiary/aromatic N) is 1. The Balaban J connectivity index is 2.00. The largest absolute Gasteiger partial charge is 0.479 e. The van der Waals surface area contributed by atoms with Crippen molar-refractivity contribution >= 4 is 5.91 Å². The SMILES string of the molecule is COc1ncc(C2CC[C@@](C(=O)NO)(c3cccc(F)c3C)C2)cc1F. The van der Waals surface area contributed by atoms with Gasteiger partial charge in [0.05, 0.1) is 12.5 Å². The van der Waals surface area contributed by atoms with E-state index in [4.69, 9.17) is 4.74 Å². The molecular weight excluding hydrogens is 342 g/mol. The van der Waals surface area contributed by atoms with Gasteiger partial charge in [-0.05, 0) is 60.9 Å². The van der Waals surface area contributed by atoms with Crippen molar-refractivity contribution in [1.82, 2.24) is 10.5 Å². The first kappa shape index (κ1) is 18.3. The maximum Gasteiger partial charge on any atom is 0.254 e. The molecule has 1 amide bonds. The molecule has 2 atom stereocenters. The molecule has 1 heterocycles. The van der Waals surface area contributed by atoms with E-state index in [2.05, 4.69) is 4.98 Å². The summed E-state index contributed by atoms with van der Waals surface area (Å²) < 4.78 is 32.9. The minimum Gasteiger partial charge on any atom is -0.479 e. The molecule has 1 aliphatic carbocycles. The van der Waals surface area contributed by atoms with Crippen molar-refractivity contribution in [3.05, 3.63) is 58.8 Å². The van der Waals surface area contributed by atoms with Crippen LogP contribution in [0.3, 0.4) is 0 Å². The highest BCUT2D eigenvalue weighted by atomic mass is 19.1. The van der Waals surface area contributed by atoms with Gasteiger partial charge in [0.15, 0.2) is 5.82 Å². The lowest BCUT2D eigenvalue weighted by atomic mass is 9.75. The van der Waals surface area contributed by atoms with Crippen molar-refractivity contribution < 1.29 is 23.5 Å². The number of hydroxylamine groups is 1. The van der Waals surface area contributed by atoms with E-state index < -0.39 is 23.0 Å². The maximum atomic E-state index is 14.1. The molecule has 0 spiro atoms. The molecule has 7 heteroatoms. The topological polar surface area (TPSA) is 71.5 Å². The lowest BCUT2D eigenvalue weighted by molar-refractivity contribution is -0.135. The van der Waals surface area contributed by atoms with Crippen molar-refractivity contribution in [1.29, 1.82) is 0 Å². The van der Waals surface area contributed by atoms with E-state index in [9.17, 15) is 18.8 Å². The van der Waals surface area contributed by atoms with Crippen molar-refractivity contribution in [3.63, 3.8) is 0 Å². The fraction of sp³-hybridized carbons (Fsp3) is 0.368. The van der Waals surface area contributed by atoms with Gasteiger partial charge in [0, 0.05) is 6.20 Å². The molecule has 0 aliphatic heterocycles. The lowest BCUT2D eigenvalue weighted by Gasteiger charge is -2.29. The van der Waals surface area contributed by atoms with Gasteiger partial charge in [0.1, 0.15) is 5.82 Å². The van der Waals surface area contributed by atoms with Gasteiger partial charge in [0.25, 0.3) is 5.91 Å². The van der Waals surface area contributed by atoms with Crippen LogP contribution in [0.1, 0.15) is 41.9 Å². The van der Waals surface area contributed by atoms with Crippen LogP contribution in [0, 0.1) is 18.6 Å². The summed E-state index contributed by atoms with van der Waals surface area (Å²) in [6.07, 6.45) is 2.83. The lowest BCUT2D eigenvalue weighted by Crippen LogP contribution is -2.42. The third kappa shape index (κ3) is 2.92. The van der Waals surface area contributed by atoms with E-state index in [0.29, 0.717) is 36.0 Å². The van der Waals surface area contributed by atoms with Gasteiger partial charge in [0.2, 0.25) is 5.88 Å². The first-order valence-electron chi connectivity index (χ1n) is 8.32. The third-order valence-electron chi connectivity index (χ3n) is 5.33. The predicted octanol–water partition coefficient (Wildman–Crippen LogP) is 3.39. The molecule has 26 heavy (non-hydrogen) atoms. The standard InChI is InChI=1S/C19H20F2N2O3/c1-11-14(4-3-5-15(11)20)19(18(24)23-25)7-6-12(9-19)13-8-16(21)17(26-2)22-10-13/h3-5,8,10,12,25H,6-7,9H2,1-2H3,(H,23,24)/t12?,19-/m0/s1. The van der Waals surface area contributed by atoms with Crippen molar-refractivity contribution in [3.8, 4) is 5.88 Å². The van der Waals surface area contributed by atoms with Gasteiger partial charge in [-0.3, -0.25) is 10.0 Å². The van der Waals surface area contributed by atoms with Crippen LogP contribution >= 0.6 is 0 Å². The van der Waals surface area contributed by atoms with Gasteiger partial charge in [-0.2, -0.15) is 0 Å². The van der Waals surface area contributed by atoms with Crippen LogP contribution in [-0.4, -0.2) is 23.2 Å². The smallest absolute Gasteiger partial charge is 0.254 e. The van der Waals surface area contributed by atoms with Crippen LogP contribution in [-0.2, 0) is 10.2 Å². The quantitative estimate of drug-likeness (QED) is 0.646. The van der Waals surface area contributed by atoms with Crippen LogP contribution in [0.5, 0.6) is 5.88 Å². The molecule has 2 N–H and O–H groups in total. The van der Waals surface area contributed by atoms with Crippen molar-refractivity contribution in [2.45, 2.75) is 37.5 Å². The number of amides is 1. The second kappa shape index (κ2) is 6.99. The molecule has 3 rings (SSSR count). The Bertz CT molecular complexity index is 844. The fourth-order valence-corrected chi connectivity index (χ4v) is 3.95. The number of hydrogen-bond acceptors (Lipinski definition) is 4. The Hall–Kier alpha value is -2.54. The zero-order valence-electron chi connectivity index (χ0n) is 14.6. The molecule has 0 radical (unpaired) electrons. The Kier molecular flexibility index (Phi) is 4.91. The van der Waals surface area contributed by atoms with Crippen LogP contribution in [0.4, 0.5) is 8.78 Å². The Morgan fingerprint density at radius 3 is 2.81 bits per heavy atom. The van der Waals surface area contributed by atoms with Gasteiger partial charge in [-0.25, -0.2) is 19.2 Å². The van der Waals surface area contributed by atoms with E-state index in [-0.39, 0.29) is 11.8 Å². The normalized spacial score (nSPS) is 22.3. The van der Waals surface area contributed by atoms with E-state index in [1.807, 2.05) is 0 Å². The number of rotatable bonds is 4. The van der Waals surface area contributed by atoms with Crippen molar-refractivity contribution in [2.75, 3.05) is 7.11 Å². The minimum absolute atomic E-state index is 0.0907. The number of methoxy groups -OCH3 is 1. The average Bonchev–Trinajstić information content (AvgIpc) is 3.09. The number of carbonyl (C=O) groups is 1. The van der Waals surface area contributed by atoms with Crippen LogP contribution in [0.15, 0.2) is 30.5 Å². The highest BCUT2D eigenvalue weighted by Gasteiger charge is 2.48. The van der Waals surface area contributed by atoms with Gasteiger partial charge in [-0.15, -0.1) is 0 Å². The van der Waals surface area contributed by atoms with Gasteiger partial charge < -0.3 is 4.74 Å². The van der Waals surface area contributed by atoms with Crippen LogP contribution in [0.25, 0.3) is 0 Å². The molecular formula is C19H20F2N2O3. The molecule has 1 unspecified atom stereocenters. The summed E-state index contributed by atoms with van der Waals surface area (Å²) in [5.41, 5.74) is 2.19. The number of halogens is 2. The minimum atomic E-state index is -1.08. The van der Waals surface area contributed by atoms with Gasteiger partial charge >= 0.3 is 0 Å². The number of pyridine rings is 1. The number of benzene rings is 1. The first-order valence-corrected chi connectivity index (χ1v) is 8.32. The van der Waals surface area contributed by atoms with Crippen LogP contribution in [0.2, 0.25) is 0 Å². The molecule has 1 aromatic carbocycles. The predicted molar refractivity (Wildman–Crippen MR) is 90.1 cm³/mol. The van der Waals surface area contributed by atoms with E-state index in [0.717, 1.165) is 0 Å². The summed E-state index contributed by atoms with van der Waals surface area (Å²) in [4.78, 5) is 16.5. The highest BCUT2D eigenvalue weighted by Crippen LogP contribution is 2.49. The molecule has 5 nitrogen and oxygen atoms in total. The Labute approximate surface area is 150 Å². The molecule has 1 aliphatic rings. The highest BCUT2D eigenvalue weighted by molar-refractivity contribution is 5.88. The number of nitrogens with one attached hydrogen (secondary N) is 1. The van der Waals surface area contributed by atoms with E-state index in [1.165, 1.54) is 25.4 Å². The summed E-state index contributed by atoms with van der Waals surface area (Å²) in [7, 11) is 1.34. The zero-order valence-corrected chi connectivity index (χ0v) is 14.6. The van der Waals surface area contributed by atoms with E-state index >= 15 is 0 Å². The third-order valence-corrected chi connectivity index (χ3v) is 5.33. The molecule has 0 bridgehead atoms. The summed E-state index contributed by atoms with van der Waals surface area (Å²) in [5, 5.41) is 9.27. The monoisotopic (exact) mass is 362 g/mol. The van der Waals surface area contributed by atoms with Crippen LogP contribution < -0.4 is 10.2 Å². The number of ether oxygens (including phenoxy) is 1. The Morgan fingerprint density at radius 2 is 2.15 bits per heavy atom. The zero-order chi connectivity index (χ0) is 18.9. The molecule has 2 aromatic rings.